The fraction of sp³-hybridized carbons (Fsp3) is 0.583. The number of fused-ring (bicyclic) bond motifs is 3. The lowest BCUT2D eigenvalue weighted by molar-refractivity contribution is -0.240. The zero-order chi connectivity index (χ0) is 13.3. The second-order valence-corrected chi connectivity index (χ2v) is 5.41. The summed E-state index contributed by atoms with van der Waals surface area (Å²) in [5, 5.41) is 0. The van der Waals surface area contributed by atoms with E-state index < -0.39 is 17.8 Å². The summed E-state index contributed by atoms with van der Waals surface area (Å²) in [6.07, 6.45) is 2.84. The van der Waals surface area contributed by atoms with Crippen LogP contribution in [0.25, 0.3) is 0 Å². The Morgan fingerprint density at radius 1 is 1.32 bits per heavy atom. The molecule has 4 rings (SSSR count). The minimum atomic E-state index is -1.24. The number of rotatable bonds is 1. The molecule has 0 aromatic carbocycles. The van der Waals surface area contributed by atoms with E-state index in [9.17, 15) is 9.59 Å². The van der Waals surface area contributed by atoms with Crippen molar-refractivity contribution < 1.29 is 23.5 Å². The van der Waals surface area contributed by atoms with E-state index in [0.717, 1.165) is 12.1 Å². The van der Waals surface area contributed by atoms with Crippen LogP contribution in [0.2, 0.25) is 0 Å². The molecule has 3 saturated heterocycles. The van der Waals surface area contributed by atoms with Crippen molar-refractivity contribution in [2.24, 2.45) is 0 Å². The van der Waals surface area contributed by atoms with E-state index in [1.165, 1.54) is 0 Å². The molecule has 2 atom stereocenters. The topological polar surface area (TPSA) is 81.9 Å². The van der Waals surface area contributed by atoms with Crippen LogP contribution in [-0.2, 0) is 24.5 Å². The average molecular weight is 264 g/mol. The third kappa shape index (κ3) is 1.28. The van der Waals surface area contributed by atoms with Gasteiger partial charge < -0.3 is 13.9 Å². The molecule has 0 saturated carbocycles. The molecule has 3 aliphatic heterocycles. The smallest absolute Gasteiger partial charge is 0.421 e. The van der Waals surface area contributed by atoms with Crippen LogP contribution in [-0.4, -0.2) is 40.8 Å². The fourth-order valence-electron chi connectivity index (χ4n) is 3.29. The van der Waals surface area contributed by atoms with E-state index in [-0.39, 0.29) is 5.41 Å². The van der Waals surface area contributed by atoms with E-state index in [1.807, 2.05) is 11.8 Å². The zero-order valence-corrected chi connectivity index (χ0v) is 10.3. The summed E-state index contributed by atoms with van der Waals surface area (Å²) in [6.45, 7) is 3.16. The highest BCUT2D eigenvalue weighted by molar-refractivity contribution is 6.31. The highest BCUT2D eigenvalue weighted by Gasteiger charge is 2.68. The van der Waals surface area contributed by atoms with Crippen molar-refractivity contribution in [1.82, 2.24) is 9.88 Å². The molecule has 0 aliphatic carbocycles. The Morgan fingerprint density at radius 3 is 2.68 bits per heavy atom. The number of hydrogen-bond donors (Lipinski definition) is 0. The molecule has 0 amide bonds. The van der Waals surface area contributed by atoms with Crippen LogP contribution in [0, 0.1) is 6.92 Å². The van der Waals surface area contributed by atoms with Crippen molar-refractivity contribution in [2.75, 3.05) is 13.1 Å². The zero-order valence-electron chi connectivity index (χ0n) is 10.3. The Labute approximate surface area is 108 Å². The van der Waals surface area contributed by atoms with E-state index in [0.29, 0.717) is 25.4 Å². The molecular weight excluding hydrogens is 252 g/mol. The molecule has 1 aromatic rings. The van der Waals surface area contributed by atoms with Gasteiger partial charge in [0.25, 0.3) is 0 Å². The maximum Gasteiger partial charge on any atom is 0.421 e. The monoisotopic (exact) mass is 264 g/mol. The molecule has 1 spiro atoms. The van der Waals surface area contributed by atoms with Crippen molar-refractivity contribution >= 4 is 11.9 Å². The molecule has 100 valence electrons. The number of piperidine rings is 1. The number of ether oxygens (including phenoxy) is 2. The normalized spacial score (nSPS) is 34.9. The van der Waals surface area contributed by atoms with Gasteiger partial charge in [0.05, 0.1) is 17.5 Å². The first-order valence-corrected chi connectivity index (χ1v) is 6.17. The second-order valence-electron chi connectivity index (χ2n) is 5.41. The lowest BCUT2D eigenvalue weighted by Crippen LogP contribution is -2.47. The second kappa shape index (κ2) is 3.16. The molecular formula is C12H12N2O5. The molecule has 3 aliphatic rings. The molecule has 19 heavy (non-hydrogen) atoms. The lowest BCUT2D eigenvalue weighted by Gasteiger charge is -2.33. The highest BCUT2D eigenvalue weighted by Crippen LogP contribution is 2.53. The lowest BCUT2D eigenvalue weighted by atomic mass is 9.83. The third-order valence-electron chi connectivity index (χ3n) is 4.14. The van der Waals surface area contributed by atoms with Crippen molar-refractivity contribution in [3.8, 4) is 0 Å². The molecule has 1 aromatic heterocycles. The van der Waals surface area contributed by atoms with E-state index >= 15 is 0 Å². The van der Waals surface area contributed by atoms with Gasteiger partial charge in [-0.1, -0.05) is 0 Å². The van der Waals surface area contributed by atoms with Crippen LogP contribution in [0.4, 0.5) is 0 Å². The number of oxazole rings is 1. The van der Waals surface area contributed by atoms with Gasteiger partial charge in [-0.05, 0) is 13.3 Å². The summed E-state index contributed by atoms with van der Waals surface area (Å²) >= 11 is 0. The molecule has 3 fully saturated rings. The summed E-state index contributed by atoms with van der Waals surface area (Å²) in [5.74, 6) is -2.46. The van der Waals surface area contributed by atoms with Gasteiger partial charge in [0.15, 0.2) is 0 Å². The predicted octanol–water partition coefficient (Wildman–Crippen LogP) is 0.0840. The molecule has 2 bridgehead atoms. The predicted molar refractivity (Wildman–Crippen MR) is 58.6 cm³/mol. The maximum atomic E-state index is 11.3. The first kappa shape index (κ1) is 11.0. The van der Waals surface area contributed by atoms with Crippen molar-refractivity contribution in [2.45, 2.75) is 31.1 Å². The van der Waals surface area contributed by atoms with Crippen LogP contribution in [0.1, 0.15) is 24.4 Å². The Kier molecular flexibility index (Phi) is 1.83. The highest BCUT2D eigenvalue weighted by atomic mass is 16.8. The van der Waals surface area contributed by atoms with Gasteiger partial charge in [-0.2, -0.15) is 0 Å². The molecule has 7 nitrogen and oxygen atoms in total. The quantitative estimate of drug-likeness (QED) is 0.525. The molecule has 0 radical (unpaired) electrons. The minimum Gasteiger partial charge on any atom is -0.448 e. The maximum absolute atomic E-state index is 11.3. The average Bonchev–Trinajstić information content (AvgIpc) is 3.06. The van der Waals surface area contributed by atoms with Crippen LogP contribution in [0.15, 0.2) is 10.7 Å². The molecule has 0 N–H and O–H groups in total. The van der Waals surface area contributed by atoms with Gasteiger partial charge in [0.1, 0.15) is 6.26 Å². The Morgan fingerprint density at radius 2 is 2.05 bits per heavy atom. The third-order valence-corrected chi connectivity index (χ3v) is 4.14. The molecule has 4 heterocycles. The van der Waals surface area contributed by atoms with Gasteiger partial charge in [-0.3, -0.25) is 0 Å². The number of aryl methyl sites for hydroxylation is 1. The van der Waals surface area contributed by atoms with E-state index in [2.05, 4.69) is 4.98 Å². The standard InChI is InChI=1S/C12H12N2O5/c1-7-4-17-10(13-7)11-2-3-14(6-11)12(5-11)18-8(15)9(16)19-12/h4H,2-3,5-6H2,1H3. The SMILES string of the molecule is Cc1coc(C23CCN(C2)C2(C3)OC(=O)C(=O)O2)n1. The number of carbonyl (C=O) groups excluding carboxylic acids is 2. The largest absolute Gasteiger partial charge is 0.448 e. The van der Waals surface area contributed by atoms with Crippen molar-refractivity contribution in [1.29, 1.82) is 0 Å². The summed E-state index contributed by atoms with van der Waals surface area (Å²) in [6, 6.07) is 0. The Bertz CT molecular complexity index is 579. The Hall–Kier alpha value is -1.89. The summed E-state index contributed by atoms with van der Waals surface area (Å²) in [5.41, 5.74) is 0.475. The number of carbonyl (C=O) groups is 2. The van der Waals surface area contributed by atoms with Gasteiger partial charge in [0, 0.05) is 13.1 Å². The van der Waals surface area contributed by atoms with Gasteiger partial charge in [0.2, 0.25) is 5.89 Å². The van der Waals surface area contributed by atoms with Crippen molar-refractivity contribution in [3.05, 3.63) is 17.8 Å². The summed E-state index contributed by atoms with van der Waals surface area (Å²) < 4.78 is 15.8. The molecule has 7 heteroatoms. The fourth-order valence-corrected chi connectivity index (χ4v) is 3.29. The summed E-state index contributed by atoms with van der Waals surface area (Å²) in [4.78, 5) is 28.8. The number of aromatic nitrogens is 1. The number of hydrogen-bond acceptors (Lipinski definition) is 7. The number of esters is 2. The summed E-state index contributed by atoms with van der Waals surface area (Å²) in [7, 11) is 0. The van der Waals surface area contributed by atoms with Gasteiger partial charge in [-0.25, -0.2) is 19.5 Å². The minimum absolute atomic E-state index is 0.334. The van der Waals surface area contributed by atoms with E-state index in [1.54, 1.807) is 6.26 Å². The van der Waals surface area contributed by atoms with Crippen LogP contribution < -0.4 is 0 Å². The van der Waals surface area contributed by atoms with Crippen molar-refractivity contribution in [3.63, 3.8) is 0 Å². The van der Waals surface area contributed by atoms with Gasteiger partial charge >= 0.3 is 17.8 Å². The van der Waals surface area contributed by atoms with Crippen LogP contribution >= 0.6 is 0 Å². The first-order valence-electron chi connectivity index (χ1n) is 6.17. The van der Waals surface area contributed by atoms with Gasteiger partial charge in [-0.15, -0.1) is 0 Å². The number of nitrogens with zero attached hydrogens (tertiary/aromatic N) is 2. The Balaban J connectivity index is 1.72. The first-order chi connectivity index (χ1) is 9.03. The van der Waals surface area contributed by atoms with Crippen LogP contribution in [0.5, 0.6) is 0 Å². The van der Waals surface area contributed by atoms with Crippen LogP contribution in [0.3, 0.4) is 0 Å². The molecule has 2 unspecified atom stereocenters. The van der Waals surface area contributed by atoms with E-state index in [4.69, 9.17) is 13.9 Å².